The van der Waals surface area contributed by atoms with Gasteiger partial charge in [-0.05, 0) is 30.7 Å². The zero-order chi connectivity index (χ0) is 12.7. The van der Waals surface area contributed by atoms with Crippen molar-refractivity contribution in [3.8, 4) is 0 Å². The maximum Gasteiger partial charge on any atom is 0.0470 e. The van der Waals surface area contributed by atoms with Gasteiger partial charge < -0.3 is 10.5 Å². The first-order valence-electron chi connectivity index (χ1n) is 5.77. The molecule has 0 aliphatic rings. The predicted molar refractivity (Wildman–Crippen MR) is 79.5 cm³/mol. The Kier molecular flexibility index (Phi) is 7.19. The number of hydrogen-bond donors (Lipinski definition) is 1. The zero-order valence-electron chi connectivity index (χ0n) is 10.4. The molecule has 0 aromatic heterocycles. The molecular weight excluding hydrogens is 298 g/mol. The number of nitrogens with two attached hydrogens (primary N) is 1. The van der Waals surface area contributed by atoms with Gasteiger partial charge in [0.15, 0.2) is 0 Å². The van der Waals surface area contributed by atoms with Crippen LogP contribution in [0.2, 0.25) is 0 Å². The highest BCUT2D eigenvalue weighted by molar-refractivity contribution is 9.10. The number of ether oxygens (including phenoxy) is 1. The Labute approximate surface area is 116 Å². The molecule has 1 aromatic carbocycles. The summed E-state index contributed by atoms with van der Waals surface area (Å²) < 4.78 is 6.20. The Bertz CT molecular complexity index is 333. The summed E-state index contributed by atoms with van der Waals surface area (Å²) in [7, 11) is 1.74. The van der Waals surface area contributed by atoms with Crippen molar-refractivity contribution < 1.29 is 4.74 Å². The average Bonchev–Trinajstić information content (AvgIpc) is 2.30. The van der Waals surface area contributed by atoms with E-state index >= 15 is 0 Å². The maximum atomic E-state index is 6.08. The molecule has 17 heavy (non-hydrogen) atoms. The van der Waals surface area contributed by atoms with Gasteiger partial charge in [-0.3, -0.25) is 0 Å². The van der Waals surface area contributed by atoms with Gasteiger partial charge in [0.1, 0.15) is 0 Å². The molecule has 0 spiro atoms. The van der Waals surface area contributed by atoms with Crippen LogP contribution in [0.1, 0.15) is 24.2 Å². The van der Waals surface area contributed by atoms with Gasteiger partial charge in [-0.2, -0.15) is 11.8 Å². The van der Waals surface area contributed by atoms with Crippen LogP contribution >= 0.6 is 27.7 Å². The summed E-state index contributed by atoms with van der Waals surface area (Å²) >= 11 is 5.50. The third-order valence-corrected chi connectivity index (χ3v) is 4.77. The van der Waals surface area contributed by atoms with Crippen LogP contribution in [0.25, 0.3) is 0 Å². The fourth-order valence-electron chi connectivity index (χ4n) is 1.64. The molecule has 0 saturated heterocycles. The quantitative estimate of drug-likeness (QED) is 0.780. The molecule has 96 valence electrons. The molecule has 0 radical (unpaired) electrons. The molecule has 2 nitrogen and oxygen atoms in total. The lowest BCUT2D eigenvalue weighted by Crippen LogP contribution is -2.23. The Hall–Kier alpha value is -0.0300. The molecule has 4 heteroatoms. The number of thioether (sulfide) groups is 1. The van der Waals surface area contributed by atoms with Crippen molar-refractivity contribution in [1.82, 2.24) is 0 Å². The largest absolute Gasteiger partial charge is 0.385 e. The second-order valence-electron chi connectivity index (χ2n) is 4.02. The summed E-state index contributed by atoms with van der Waals surface area (Å²) in [5, 5.41) is 0.336. The zero-order valence-corrected chi connectivity index (χ0v) is 12.8. The number of benzene rings is 1. The lowest BCUT2D eigenvalue weighted by atomic mass is 10.1. The predicted octanol–water partition coefficient (Wildman–Crippen LogP) is 3.61. The summed E-state index contributed by atoms with van der Waals surface area (Å²) in [4.78, 5) is 0. The normalized spacial score (nSPS) is 14.6. The minimum atomic E-state index is 0.140. The van der Waals surface area contributed by atoms with Crippen LogP contribution < -0.4 is 5.73 Å². The highest BCUT2D eigenvalue weighted by Crippen LogP contribution is 2.35. The van der Waals surface area contributed by atoms with Gasteiger partial charge in [-0.1, -0.05) is 34.1 Å². The van der Waals surface area contributed by atoms with E-state index in [0.717, 1.165) is 23.3 Å². The van der Waals surface area contributed by atoms with Gasteiger partial charge in [0.25, 0.3) is 0 Å². The van der Waals surface area contributed by atoms with E-state index in [0.29, 0.717) is 5.25 Å². The molecule has 0 fully saturated rings. The highest BCUT2D eigenvalue weighted by Gasteiger charge is 2.18. The summed E-state index contributed by atoms with van der Waals surface area (Å²) in [6.45, 7) is 2.88. The monoisotopic (exact) mass is 317 g/mol. The molecule has 0 heterocycles. The van der Waals surface area contributed by atoms with E-state index in [-0.39, 0.29) is 6.04 Å². The molecule has 0 aliphatic heterocycles. The van der Waals surface area contributed by atoms with Crippen molar-refractivity contribution >= 4 is 27.7 Å². The van der Waals surface area contributed by atoms with Crippen LogP contribution in [-0.4, -0.2) is 25.5 Å². The molecule has 1 rings (SSSR count). The van der Waals surface area contributed by atoms with Crippen molar-refractivity contribution in [3.63, 3.8) is 0 Å². The third kappa shape index (κ3) is 5.00. The van der Waals surface area contributed by atoms with E-state index in [9.17, 15) is 0 Å². The van der Waals surface area contributed by atoms with Crippen molar-refractivity contribution in [3.05, 3.63) is 34.3 Å². The van der Waals surface area contributed by atoms with Gasteiger partial charge >= 0.3 is 0 Å². The van der Waals surface area contributed by atoms with Crippen LogP contribution in [0.3, 0.4) is 0 Å². The fraction of sp³-hybridized carbons (Fsp3) is 0.538. The summed E-state index contributed by atoms with van der Waals surface area (Å²) in [6, 6.07) is 8.44. The smallest absolute Gasteiger partial charge is 0.0470 e. The Morgan fingerprint density at radius 1 is 1.41 bits per heavy atom. The minimum Gasteiger partial charge on any atom is -0.385 e. The number of hydrogen-bond acceptors (Lipinski definition) is 3. The van der Waals surface area contributed by atoms with E-state index in [2.05, 4.69) is 41.1 Å². The van der Waals surface area contributed by atoms with Gasteiger partial charge in [0.05, 0.1) is 0 Å². The number of methoxy groups -OCH3 is 1. The SMILES string of the molecule is COCCCSC(c1ccccc1Br)C(C)N. The first-order valence-corrected chi connectivity index (χ1v) is 7.61. The standard InChI is InChI=1S/C13H20BrNOS/c1-10(15)13(17-9-5-8-16-2)11-6-3-4-7-12(11)14/h3-4,6-7,10,13H,5,8-9,15H2,1-2H3. The Balaban J connectivity index is 2.63. The van der Waals surface area contributed by atoms with Crippen LogP contribution in [0.15, 0.2) is 28.7 Å². The Morgan fingerprint density at radius 2 is 2.12 bits per heavy atom. The Morgan fingerprint density at radius 3 is 2.71 bits per heavy atom. The van der Waals surface area contributed by atoms with Crippen LogP contribution in [0.5, 0.6) is 0 Å². The van der Waals surface area contributed by atoms with Crippen molar-refractivity contribution in [1.29, 1.82) is 0 Å². The lowest BCUT2D eigenvalue weighted by molar-refractivity contribution is 0.200. The molecule has 2 atom stereocenters. The molecular formula is C13H20BrNOS. The summed E-state index contributed by atoms with van der Waals surface area (Å²) in [6.07, 6.45) is 1.06. The van der Waals surface area contributed by atoms with E-state index in [4.69, 9.17) is 10.5 Å². The van der Waals surface area contributed by atoms with Crippen molar-refractivity contribution in [2.24, 2.45) is 5.73 Å². The third-order valence-electron chi connectivity index (χ3n) is 2.48. The molecule has 0 aliphatic carbocycles. The minimum absolute atomic E-state index is 0.140. The van der Waals surface area contributed by atoms with Crippen molar-refractivity contribution in [2.45, 2.75) is 24.6 Å². The summed E-state index contributed by atoms with van der Waals surface area (Å²) in [5.74, 6) is 1.07. The van der Waals surface area contributed by atoms with Crippen LogP contribution in [0.4, 0.5) is 0 Å². The second kappa shape index (κ2) is 8.14. The average molecular weight is 318 g/mol. The van der Waals surface area contributed by atoms with Gasteiger partial charge in [0, 0.05) is 29.5 Å². The second-order valence-corrected chi connectivity index (χ2v) is 6.12. The maximum absolute atomic E-state index is 6.08. The number of rotatable bonds is 7. The molecule has 0 saturated carbocycles. The molecule has 2 N–H and O–H groups in total. The van der Waals surface area contributed by atoms with Gasteiger partial charge in [0.2, 0.25) is 0 Å². The fourth-order valence-corrected chi connectivity index (χ4v) is 3.55. The van der Waals surface area contributed by atoms with Gasteiger partial charge in [-0.25, -0.2) is 0 Å². The first kappa shape index (κ1) is 15.0. The van der Waals surface area contributed by atoms with E-state index in [1.807, 2.05) is 17.8 Å². The molecule has 1 aromatic rings. The van der Waals surface area contributed by atoms with Crippen LogP contribution in [0, 0.1) is 0 Å². The van der Waals surface area contributed by atoms with Crippen LogP contribution in [-0.2, 0) is 4.74 Å². The van der Waals surface area contributed by atoms with E-state index in [1.54, 1.807) is 7.11 Å². The van der Waals surface area contributed by atoms with E-state index in [1.165, 1.54) is 5.56 Å². The van der Waals surface area contributed by atoms with E-state index < -0.39 is 0 Å². The topological polar surface area (TPSA) is 35.2 Å². The number of halogens is 1. The first-order chi connectivity index (χ1) is 8.16. The summed E-state index contributed by atoms with van der Waals surface area (Å²) in [5.41, 5.74) is 7.36. The lowest BCUT2D eigenvalue weighted by Gasteiger charge is -2.22. The molecule has 0 bridgehead atoms. The van der Waals surface area contributed by atoms with Gasteiger partial charge in [-0.15, -0.1) is 0 Å². The van der Waals surface area contributed by atoms with Crippen molar-refractivity contribution in [2.75, 3.05) is 19.5 Å². The molecule has 0 amide bonds. The highest BCUT2D eigenvalue weighted by atomic mass is 79.9. The molecule has 2 unspecified atom stereocenters.